The predicted octanol–water partition coefficient (Wildman–Crippen LogP) is 14.7. The largest absolute Gasteiger partial charge is 0.417 e. The number of fused-ring (bicyclic) bond motifs is 6. The SMILES string of the molecule is N#Cc1ccc(-c2ccc(C#N)c(-n3c4ccccc4c4cc(-c5ccccc5C(F)(F)F)ccc43)c2)cc1-n1c2ccccc2c2cc(-c3ccccc3C(F)(F)F)ccc21. The van der Waals surface area contributed by atoms with Gasteiger partial charge in [-0.05, 0) is 106 Å². The summed E-state index contributed by atoms with van der Waals surface area (Å²) in [5.41, 5.74) is 5.61. The van der Waals surface area contributed by atoms with Crippen molar-refractivity contribution in [3.05, 3.63) is 192 Å². The Morgan fingerprint density at radius 1 is 0.355 bits per heavy atom. The first kappa shape index (κ1) is 38.1. The Kier molecular flexibility index (Phi) is 8.79. The Labute approximate surface area is 350 Å². The highest BCUT2D eigenvalue weighted by Crippen LogP contribution is 2.43. The van der Waals surface area contributed by atoms with E-state index < -0.39 is 23.5 Å². The van der Waals surface area contributed by atoms with Gasteiger partial charge in [0.15, 0.2) is 0 Å². The molecular weight excluding hydrogens is 795 g/mol. The van der Waals surface area contributed by atoms with Crippen molar-refractivity contribution in [1.82, 2.24) is 9.13 Å². The van der Waals surface area contributed by atoms with E-state index in [1.165, 1.54) is 24.3 Å². The van der Waals surface area contributed by atoms with Gasteiger partial charge in [0.05, 0.1) is 55.7 Å². The highest BCUT2D eigenvalue weighted by Gasteiger charge is 2.34. The van der Waals surface area contributed by atoms with Gasteiger partial charge >= 0.3 is 12.4 Å². The van der Waals surface area contributed by atoms with Crippen molar-refractivity contribution in [2.24, 2.45) is 0 Å². The van der Waals surface area contributed by atoms with Crippen LogP contribution in [0.2, 0.25) is 0 Å². The maximum Gasteiger partial charge on any atom is 0.417 e. The Bertz CT molecular complexity index is 3300. The van der Waals surface area contributed by atoms with Crippen LogP contribution in [-0.4, -0.2) is 9.13 Å². The third kappa shape index (κ3) is 6.15. The van der Waals surface area contributed by atoms with Crippen LogP contribution in [0.3, 0.4) is 0 Å². The highest BCUT2D eigenvalue weighted by atomic mass is 19.4. The van der Waals surface area contributed by atoms with Crippen LogP contribution in [-0.2, 0) is 12.4 Å². The molecule has 10 rings (SSSR count). The summed E-state index contributed by atoms with van der Waals surface area (Å²) in [7, 11) is 0. The summed E-state index contributed by atoms with van der Waals surface area (Å²) < 4.78 is 88.5. The first-order chi connectivity index (χ1) is 29.9. The van der Waals surface area contributed by atoms with Gasteiger partial charge in [-0.2, -0.15) is 36.9 Å². The van der Waals surface area contributed by atoms with Gasteiger partial charge < -0.3 is 9.13 Å². The molecular formula is C52H28F6N4. The van der Waals surface area contributed by atoms with Crippen LogP contribution >= 0.6 is 0 Å². The fraction of sp³-hybridized carbons (Fsp3) is 0.0385. The zero-order chi connectivity index (χ0) is 42.9. The molecule has 0 spiro atoms. The third-order valence-corrected chi connectivity index (χ3v) is 11.5. The Hall–Kier alpha value is -8.08. The van der Waals surface area contributed by atoms with E-state index >= 15 is 0 Å². The number of nitriles is 2. The molecule has 4 nitrogen and oxygen atoms in total. The summed E-state index contributed by atoms with van der Waals surface area (Å²) in [5, 5.41) is 23.9. The van der Waals surface area contributed by atoms with Crippen molar-refractivity contribution in [2.45, 2.75) is 12.4 Å². The van der Waals surface area contributed by atoms with Gasteiger partial charge in [-0.1, -0.05) is 97.1 Å². The Morgan fingerprint density at radius 2 is 0.710 bits per heavy atom. The third-order valence-electron chi connectivity index (χ3n) is 11.5. The lowest BCUT2D eigenvalue weighted by atomic mass is 9.97. The molecule has 0 amide bonds. The second kappa shape index (κ2) is 14.3. The molecule has 298 valence electrons. The molecule has 0 aliphatic heterocycles. The van der Waals surface area contributed by atoms with Crippen molar-refractivity contribution in [2.75, 3.05) is 0 Å². The minimum Gasteiger partial charge on any atom is -0.308 e. The zero-order valence-electron chi connectivity index (χ0n) is 32.2. The molecule has 0 aliphatic carbocycles. The van der Waals surface area contributed by atoms with E-state index in [-0.39, 0.29) is 11.1 Å². The smallest absolute Gasteiger partial charge is 0.308 e. The van der Waals surface area contributed by atoms with Crippen LogP contribution in [0.1, 0.15) is 22.3 Å². The van der Waals surface area contributed by atoms with Gasteiger partial charge in [0.25, 0.3) is 0 Å². The number of para-hydroxylation sites is 2. The first-order valence-electron chi connectivity index (χ1n) is 19.4. The molecule has 0 bridgehead atoms. The van der Waals surface area contributed by atoms with E-state index in [0.29, 0.717) is 55.4 Å². The average Bonchev–Trinajstić information content (AvgIpc) is 3.80. The van der Waals surface area contributed by atoms with Crippen LogP contribution in [0.4, 0.5) is 26.3 Å². The number of nitrogens with zero attached hydrogens (tertiary/aromatic N) is 4. The molecule has 2 aromatic heterocycles. The lowest BCUT2D eigenvalue weighted by molar-refractivity contribution is -0.137. The maximum atomic E-state index is 14.1. The van der Waals surface area contributed by atoms with Crippen LogP contribution in [0.25, 0.3) is 88.4 Å². The van der Waals surface area contributed by atoms with Crippen molar-refractivity contribution < 1.29 is 26.3 Å². The number of halogens is 6. The fourth-order valence-corrected chi connectivity index (χ4v) is 8.75. The van der Waals surface area contributed by atoms with Gasteiger partial charge in [-0.25, -0.2) is 0 Å². The molecule has 62 heavy (non-hydrogen) atoms. The molecule has 10 heteroatoms. The summed E-state index contributed by atoms with van der Waals surface area (Å²) in [6.07, 6.45) is -9.10. The Morgan fingerprint density at radius 3 is 1.11 bits per heavy atom. The summed E-state index contributed by atoms with van der Waals surface area (Å²) in [6.45, 7) is 0. The molecule has 8 aromatic carbocycles. The monoisotopic (exact) mass is 822 g/mol. The van der Waals surface area contributed by atoms with Gasteiger partial charge in [0.2, 0.25) is 0 Å². The summed E-state index contributed by atoms with van der Waals surface area (Å²) in [5.74, 6) is 0. The van der Waals surface area contributed by atoms with E-state index in [2.05, 4.69) is 12.1 Å². The van der Waals surface area contributed by atoms with Crippen molar-refractivity contribution in [3.63, 3.8) is 0 Å². The van der Waals surface area contributed by atoms with E-state index in [1.54, 1.807) is 60.7 Å². The lowest BCUT2D eigenvalue weighted by Crippen LogP contribution is -2.06. The molecule has 0 atom stereocenters. The van der Waals surface area contributed by atoms with Crippen molar-refractivity contribution >= 4 is 43.6 Å². The quantitative estimate of drug-likeness (QED) is 0.162. The van der Waals surface area contributed by atoms with Crippen LogP contribution in [0.5, 0.6) is 0 Å². The normalized spacial score (nSPS) is 12.0. The summed E-state index contributed by atoms with van der Waals surface area (Å²) >= 11 is 0. The molecule has 0 aliphatic rings. The molecule has 0 radical (unpaired) electrons. The van der Waals surface area contributed by atoms with Crippen molar-refractivity contribution in [3.8, 4) is 56.9 Å². The van der Waals surface area contributed by atoms with E-state index in [4.69, 9.17) is 0 Å². The standard InChI is InChI=1S/C52H28F6N4/c53-51(54,55)43-13-5-1-9-37(43)33-21-23-47-41(25-33)39-11-3-7-15-45(39)61(47)49-27-31(17-19-35(49)29-59)32-18-20-36(30-60)50(28-32)62-46-16-8-4-12-40(46)42-26-34(22-24-48(42)62)38-10-2-6-14-44(38)52(56,57)58/h1-28H. The van der Waals surface area contributed by atoms with Gasteiger partial charge in [0.1, 0.15) is 12.1 Å². The van der Waals surface area contributed by atoms with Crippen LogP contribution in [0.15, 0.2) is 170 Å². The summed E-state index contributed by atoms with van der Waals surface area (Å²) in [6, 6.07) is 51.9. The minimum absolute atomic E-state index is 0.0607. The summed E-state index contributed by atoms with van der Waals surface area (Å²) in [4.78, 5) is 0. The topological polar surface area (TPSA) is 57.4 Å². The molecule has 10 aromatic rings. The molecule has 0 unspecified atom stereocenters. The minimum atomic E-state index is -4.55. The second-order valence-corrected chi connectivity index (χ2v) is 14.9. The number of alkyl halides is 6. The number of benzene rings is 8. The number of aromatic nitrogens is 2. The molecule has 0 fully saturated rings. The fourth-order valence-electron chi connectivity index (χ4n) is 8.75. The van der Waals surface area contributed by atoms with Gasteiger partial charge in [-0.3, -0.25) is 0 Å². The van der Waals surface area contributed by atoms with Gasteiger partial charge in [-0.15, -0.1) is 0 Å². The highest BCUT2D eigenvalue weighted by molar-refractivity contribution is 6.12. The first-order valence-corrected chi connectivity index (χ1v) is 19.4. The van der Waals surface area contributed by atoms with Crippen LogP contribution < -0.4 is 0 Å². The van der Waals surface area contributed by atoms with E-state index in [9.17, 15) is 36.9 Å². The van der Waals surface area contributed by atoms with Gasteiger partial charge in [0, 0.05) is 21.5 Å². The molecule has 0 N–H and O–H groups in total. The Balaban J connectivity index is 1.14. The lowest BCUT2D eigenvalue weighted by Gasteiger charge is -2.15. The predicted molar refractivity (Wildman–Crippen MR) is 231 cm³/mol. The average molecular weight is 823 g/mol. The molecule has 0 saturated carbocycles. The maximum absolute atomic E-state index is 14.1. The van der Waals surface area contributed by atoms with Crippen LogP contribution in [0, 0.1) is 22.7 Å². The zero-order valence-corrected chi connectivity index (χ0v) is 32.2. The van der Waals surface area contributed by atoms with E-state index in [0.717, 1.165) is 45.1 Å². The second-order valence-electron chi connectivity index (χ2n) is 14.9. The molecule has 2 heterocycles. The number of hydrogen-bond donors (Lipinski definition) is 0. The number of rotatable bonds is 5. The number of hydrogen-bond acceptors (Lipinski definition) is 2. The van der Waals surface area contributed by atoms with Crippen molar-refractivity contribution in [1.29, 1.82) is 10.5 Å². The molecule has 0 saturated heterocycles. The van der Waals surface area contributed by atoms with E-state index in [1.807, 2.05) is 81.9 Å².